The van der Waals surface area contributed by atoms with Crippen molar-refractivity contribution in [1.29, 1.82) is 0 Å². The molecular weight excluding hydrogens is 414 g/mol. The van der Waals surface area contributed by atoms with Crippen LogP contribution in [0.3, 0.4) is 0 Å². The summed E-state index contributed by atoms with van der Waals surface area (Å²) in [6.07, 6.45) is 2.76. The Morgan fingerprint density at radius 1 is 1.09 bits per heavy atom. The lowest BCUT2D eigenvalue weighted by Crippen LogP contribution is -2.45. The van der Waals surface area contributed by atoms with E-state index in [2.05, 4.69) is 5.32 Å². The van der Waals surface area contributed by atoms with Crippen LogP contribution in [-0.4, -0.2) is 42.5 Å². The first-order chi connectivity index (χ1) is 15.4. The second-order valence-electron chi connectivity index (χ2n) is 8.26. The first-order valence-corrected chi connectivity index (χ1v) is 11.1. The molecule has 2 aromatic rings. The molecule has 5 nitrogen and oxygen atoms in total. The molecule has 1 saturated heterocycles. The molecule has 1 N–H and O–H groups in total. The van der Waals surface area contributed by atoms with Gasteiger partial charge in [-0.05, 0) is 62.4 Å². The fourth-order valence-corrected chi connectivity index (χ4v) is 3.83. The minimum absolute atomic E-state index is 0.0118. The quantitative estimate of drug-likeness (QED) is 0.633. The van der Waals surface area contributed by atoms with E-state index in [0.717, 1.165) is 11.8 Å². The number of nitrogens with one attached hydrogen (secondary N) is 1. The van der Waals surface area contributed by atoms with Crippen LogP contribution < -0.4 is 10.1 Å². The highest BCUT2D eigenvalue weighted by molar-refractivity contribution is 5.80. The zero-order valence-electron chi connectivity index (χ0n) is 18.4. The Balaban J connectivity index is 1.34. The average molecular weight is 445 g/mol. The summed E-state index contributed by atoms with van der Waals surface area (Å²) in [5.74, 6) is -1.06. The maximum Gasteiger partial charge on any atom is 0.225 e. The van der Waals surface area contributed by atoms with E-state index in [-0.39, 0.29) is 23.8 Å². The minimum atomic E-state index is -0.858. The van der Waals surface area contributed by atoms with E-state index >= 15 is 0 Å². The molecule has 0 spiro atoms. The number of likely N-dealkylation sites (tertiary alicyclic amines) is 1. The molecule has 0 radical (unpaired) electrons. The summed E-state index contributed by atoms with van der Waals surface area (Å²) in [7, 11) is 0. The van der Waals surface area contributed by atoms with Gasteiger partial charge in [0.2, 0.25) is 11.8 Å². The van der Waals surface area contributed by atoms with Crippen molar-refractivity contribution >= 4 is 11.8 Å². The van der Waals surface area contributed by atoms with Gasteiger partial charge < -0.3 is 15.0 Å². The van der Waals surface area contributed by atoms with Crippen LogP contribution in [0.2, 0.25) is 0 Å². The SMILES string of the molecule is CC(CCc1ccc(F)c(F)c1)NC(=O)C1CCN(C(=O)CCOc2ccccc2)CC1. The molecule has 0 saturated carbocycles. The zero-order valence-corrected chi connectivity index (χ0v) is 18.4. The summed E-state index contributed by atoms with van der Waals surface area (Å²) < 4.78 is 31.9. The first-order valence-electron chi connectivity index (χ1n) is 11.1. The third kappa shape index (κ3) is 7.04. The Morgan fingerprint density at radius 2 is 1.81 bits per heavy atom. The van der Waals surface area contributed by atoms with E-state index in [1.165, 1.54) is 6.07 Å². The number of ether oxygens (including phenoxy) is 1. The number of hydrogen-bond donors (Lipinski definition) is 1. The number of halogens is 2. The summed E-state index contributed by atoms with van der Waals surface area (Å²) in [6, 6.07) is 13.2. The fourth-order valence-electron chi connectivity index (χ4n) is 3.83. The van der Waals surface area contributed by atoms with Crippen molar-refractivity contribution in [3.63, 3.8) is 0 Å². The highest BCUT2D eigenvalue weighted by Gasteiger charge is 2.27. The molecule has 0 bridgehead atoms. The number of aryl methyl sites for hydroxylation is 1. The van der Waals surface area contributed by atoms with Crippen LogP contribution in [0.25, 0.3) is 0 Å². The molecule has 2 aromatic carbocycles. The van der Waals surface area contributed by atoms with Gasteiger partial charge in [0.25, 0.3) is 0 Å². The first kappa shape index (κ1) is 23.7. The van der Waals surface area contributed by atoms with E-state index in [0.29, 0.717) is 57.4 Å². The molecule has 0 aromatic heterocycles. The molecule has 1 aliphatic rings. The Morgan fingerprint density at radius 3 is 2.50 bits per heavy atom. The Kier molecular flexibility index (Phi) is 8.59. The van der Waals surface area contributed by atoms with Crippen molar-refractivity contribution in [3.05, 3.63) is 65.7 Å². The predicted octanol–water partition coefficient (Wildman–Crippen LogP) is 4.11. The van der Waals surface area contributed by atoms with Crippen molar-refractivity contribution in [3.8, 4) is 5.75 Å². The van der Waals surface area contributed by atoms with Crippen molar-refractivity contribution in [1.82, 2.24) is 10.2 Å². The van der Waals surface area contributed by atoms with Crippen LogP contribution in [0, 0.1) is 17.6 Å². The second kappa shape index (κ2) is 11.6. The number of para-hydroxylation sites is 1. The third-order valence-corrected chi connectivity index (χ3v) is 5.79. The minimum Gasteiger partial charge on any atom is -0.493 e. The molecule has 1 unspecified atom stereocenters. The number of hydrogen-bond acceptors (Lipinski definition) is 3. The van der Waals surface area contributed by atoms with Crippen molar-refractivity contribution in [2.45, 2.75) is 45.1 Å². The lowest BCUT2D eigenvalue weighted by Gasteiger charge is -2.32. The Hall–Kier alpha value is -2.96. The highest BCUT2D eigenvalue weighted by Crippen LogP contribution is 2.19. The topological polar surface area (TPSA) is 58.6 Å². The van der Waals surface area contributed by atoms with Gasteiger partial charge in [0.05, 0.1) is 13.0 Å². The normalized spacial score (nSPS) is 15.3. The van der Waals surface area contributed by atoms with Crippen molar-refractivity contribution in [2.75, 3.05) is 19.7 Å². The van der Waals surface area contributed by atoms with E-state index in [9.17, 15) is 18.4 Å². The van der Waals surface area contributed by atoms with Crippen LogP contribution in [0.1, 0.15) is 38.2 Å². The summed E-state index contributed by atoms with van der Waals surface area (Å²) in [4.78, 5) is 26.8. The van der Waals surface area contributed by atoms with Gasteiger partial charge in [0.1, 0.15) is 5.75 Å². The number of rotatable bonds is 9. The molecular formula is C25H30F2N2O3. The van der Waals surface area contributed by atoms with Crippen LogP contribution in [0.4, 0.5) is 8.78 Å². The van der Waals surface area contributed by atoms with Crippen LogP contribution in [-0.2, 0) is 16.0 Å². The average Bonchev–Trinajstić information content (AvgIpc) is 2.80. The fraction of sp³-hybridized carbons (Fsp3) is 0.440. The molecule has 1 fully saturated rings. The van der Waals surface area contributed by atoms with Crippen LogP contribution in [0.5, 0.6) is 5.75 Å². The lowest BCUT2D eigenvalue weighted by molar-refractivity contribution is -0.136. The zero-order chi connectivity index (χ0) is 22.9. The van der Waals surface area contributed by atoms with Crippen molar-refractivity contribution in [2.24, 2.45) is 5.92 Å². The number of benzene rings is 2. The highest BCUT2D eigenvalue weighted by atomic mass is 19.2. The van der Waals surface area contributed by atoms with Gasteiger partial charge in [-0.2, -0.15) is 0 Å². The molecule has 1 heterocycles. The number of amides is 2. The predicted molar refractivity (Wildman–Crippen MR) is 118 cm³/mol. The van der Waals surface area contributed by atoms with E-state index < -0.39 is 11.6 Å². The van der Waals surface area contributed by atoms with E-state index in [4.69, 9.17) is 4.74 Å². The number of carbonyl (C=O) groups is 2. The summed E-state index contributed by atoms with van der Waals surface area (Å²) in [5.41, 5.74) is 0.702. The Labute approximate surface area is 187 Å². The summed E-state index contributed by atoms with van der Waals surface area (Å²) in [6.45, 7) is 3.36. The van der Waals surface area contributed by atoms with Crippen LogP contribution >= 0.6 is 0 Å². The standard InChI is InChI=1S/C25H30F2N2O3/c1-18(7-8-19-9-10-22(26)23(27)17-19)28-25(31)20-11-14-29(15-12-20)24(30)13-16-32-21-5-3-2-4-6-21/h2-6,9-10,17-18,20H,7-8,11-16H2,1H3,(H,28,31). The third-order valence-electron chi connectivity index (χ3n) is 5.79. The number of nitrogens with zero attached hydrogens (tertiary/aromatic N) is 1. The van der Waals surface area contributed by atoms with Gasteiger partial charge in [0.15, 0.2) is 11.6 Å². The van der Waals surface area contributed by atoms with E-state index in [1.807, 2.05) is 37.3 Å². The van der Waals surface area contributed by atoms with Gasteiger partial charge in [0, 0.05) is 25.0 Å². The maximum atomic E-state index is 13.3. The maximum absolute atomic E-state index is 13.3. The molecule has 1 atom stereocenters. The number of carbonyl (C=O) groups excluding carboxylic acids is 2. The summed E-state index contributed by atoms with van der Waals surface area (Å²) in [5, 5.41) is 3.01. The van der Waals surface area contributed by atoms with Gasteiger partial charge in [-0.3, -0.25) is 9.59 Å². The van der Waals surface area contributed by atoms with Crippen LogP contribution in [0.15, 0.2) is 48.5 Å². The molecule has 32 heavy (non-hydrogen) atoms. The van der Waals surface area contributed by atoms with Gasteiger partial charge in [-0.1, -0.05) is 24.3 Å². The van der Waals surface area contributed by atoms with Gasteiger partial charge in [-0.15, -0.1) is 0 Å². The molecule has 2 amide bonds. The Bertz CT molecular complexity index is 899. The lowest BCUT2D eigenvalue weighted by atomic mass is 9.95. The largest absolute Gasteiger partial charge is 0.493 e. The molecule has 172 valence electrons. The molecule has 3 rings (SSSR count). The molecule has 0 aliphatic carbocycles. The molecule has 7 heteroatoms. The number of piperidine rings is 1. The van der Waals surface area contributed by atoms with Crippen molar-refractivity contribution < 1.29 is 23.1 Å². The van der Waals surface area contributed by atoms with E-state index in [1.54, 1.807) is 11.0 Å². The smallest absolute Gasteiger partial charge is 0.225 e. The molecule has 1 aliphatic heterocycles. The van der Waals surface area contributed by atoms with Gasteiger partial charge >= 0.3 is 0 Å². The van der Waals surface area contributed by atoms with Gasteiger partial charge in [-0.25, -0.2) is 8.78 Å². The second-order valence-corrected chi connectivity index (χ2v) is 8.26. The monoisotopic (exact) mass is 444 g/mol. The summed E-state index contributed by atoms with van der Waals surface area (Å²) >= 11 is 0.